The maximum atomic E-state index is 12.1. The van der Waals surface area contributed by atoms with Crippen LogP contribution in [-0.2, 0) is 14.3 Å². The Morgan fingerprint density at radius 3 is 2.59 bits per heavy atom. The average molecular weight is 239 g/mol. The summed E-state index contributed by atoms with van der Waals surface area (Å²) in [7, 11) is 0. The van der Waals surface area contributed by atoms with Gasteiger partial charge in [0.1, 0.15) is 5.54 Å². The summed E-state index contributed by atoms with van der Waals surface area (Å²) < 4.78 is 10.8. The molecule has 0 radical (unpaired) electrons. The predicted octanol–water partition coefficient (Wildman–Crippen LogP) is 1.10. The summed E-state index contributed by atoms with van der Waals surface area (Å²) in [6, 6.07) is 0. The minimum atomic E-state index is -0.695. The van der Waals surface area contributed by atoms with Crippen molar-refractivity contribution in [3.63, 3.8) is 0 Å². The molecule has 1 rings (SSSR count). The van der Waals surface area contributed by atoms with E-state index in [2.05, 4.69) is 11.2 Å². The van der Waals surface area contributed by atoms with Gasteiger partial charge in [-0.05, 0) is 20.8 Å². The van der Waals surface area contributed by atoms with E-state index in [4.69, 9.17) is 15.9 Å². The minimum Gasteiger partial charge on any atom is -0.465 e. The van der Waals surface area contributed by atoms with Crippen LogP contribution in [0.15, 0.2) is 0 Å². The van der Waals surface area contributed by atoms with E-state index in [-0.39, 0.29) is 18.2 Å². The first-order valence-electron chi connectivity index (χ1n) is 6.05. The molecule has 1 heterocycles. The van der Waals surface area contributed by atoms with Crippen molar-refractivity contribution in [2.24, 2.45) is 0 Å². The van der Waals surface area contributed by atoms with Gasteiger partial charge in [0.25, 0.3) is 0 Å². The second kappa shape index (κ2) is 6.04. The van der Waals surface area contributed by atoms with E-state index in [0.717, 1.165) is 0 Å². The molecule has 1 aliphatic rings. The van der Waals surface area contributed by atoms with Crippen LogP contribution in [0.3, 0.4) is 0 Å². The van der Waals surface area contributed by atoms with Crippen molar-refractivity contribution in [3.8, 4) is 12.3 Å². The lowest BCUT2D eigenvalue weighted by Crippen LogP contribution is -2.59. The third-order valence-corrected chi connectivity index (χ3v) is 2.93. The highest BCUT2D eigenvalue weighted by atomic mass is 16.5. The molecule has 0 spiro atoms. The third kappa shape index (κ3) is 3.45. The number of terminal acetylenes is 1. The molecule has 4 heteroatoms. The van der Waals surface area contributed by atoms with E-state index in [9.17, 15) is 4.79 Å². The van der Waals surface area contributed by atoms with Gasteiger partial charge in [-0.25, -0.2) is 0 Å². The molecule has 0 aromatic carbocycles. The van der Waals surface area contributed by atoms with Crippen LogP contribution in [-0.4, -0.2) is 36.9 Å². The van der Waals surface area contributed by atoms with Crippen LogP contribution in [0, 0.1) is 12.3 Å². The van der Waals surface area contributed by atoms with Gasteiger partial charge in [-0.15, -0.1) is 6.42 Å². The number of carbonyl (C=O) groups is 1. The molecule has 1 aliphatic heterocycles. The average Bonchev–Trinajstić information content (AvgIpc) is 2.25. The Morgan fingerprint density at radius 1 is 1.53 bits per heavy atom. The van der Waals surface area contributed by atoms with Crippen molar-refractivity contribution in [3.05, 3.63) is 0 Å². The van der Waals surface area contributed by atoms with Crippen molar-refractivity contribution >= 4 is 5.97 Å². The van der Waals surface area contributed by atoms with Gasteiger partial charge in [0.05, 0.1) is 25.4 Å². The molecule has 1 saturated heterocycles. The summed E-state index contributed by atoms with van der Waals surface area (Å²) >= 11 is 0. The fourth-order valence-corrected chi connectivity index (χ4v) is 2.43. The van der Waals surface area contributed by atoms with Gasteiger partial charge >= 0.3 is 5.97 Å². The molecule has 0 aromatic heterocycles. The van der Waals surface area contributed by atoms with Crippen molar-refractivity contribution in [1.29, 1.82) is 0 Å². The first-order chi connectivity index (χ1) is 8.04. The number of hydrogen-bond acceptors (Lipinski definition) is 4. The predicted molar refractivity (Wildman–Crippen MR) is 65.4 cm³/mol. The van der Waals surface area contributed by atoms with Crippen molar-refractivity contribution in [2.75, 3.05) is 13.2 Å². The molecular weight excluding hydrogens is 218 g/mol. The number of esters is 1. The quantitative estimate of drug-likeness (QED) is 0.589. The monoisotopic (exact) mass is 239 g/mol. The molecule has 17 heavy (non-hydrogen) atoms. The molecule has 0 saturated carbocycles. The van der Waals surface area contributed by atoms with Crippen LogP contribution in [0.1, 0.15) is 33.6 Å². The van der Waals surface area contributed by atoms with Crippen molar-refractivity contribution < 1.29 is 14.3 Å². The Kier molecular flexibility index (Phi) is 4.98. The molecule has 0 aromatic rings. The maximum Gasteiger partial charge on any atom is 0.326 e. The summed E-state index contributed by atoms with van der Waals surface area (Å²) in [6.45, 7) is 6.46. The van der Waals surface area contributed by atoms with Crippen LogP contribution in [0.25, 0.3) is 0 Å². The lowest BCUT2D eigenvalue weighted by Gasteiger charge is -2.41. The topological polar surface area (TPSA) is 47.6 Å². The number of carbonyl (C=O) groups excluding carboxylic acids is 1. The minimum absolute atomic E-state index is 0.0217. The number of ether oxygens (including phenoxy) is 2. The van der Waals surface area contributed by atoms with Gasteiger partial charge in [-0.3, -0.25) is 10.1 Å². The zero-order chi connectivity index (χ0) is 12.9. The Bertz CT molecular complexity index is 298. The molecule has 1 fully saturated rings. The molecule has 0 bridgehead atoms. The second-order valence-corrected chi connectivity index (χ2v) is 4.53. The lowest BCUT2D eigenvalue weighted by molar-refractivity contribution is -0.161. The number of nitrogens with one attached hydrogen (secondary N) is 1. The SMILES string of the molecule is C#CCNC1(C(=O)OCC)CC(C)OC(C)C1. The van der Waals surface area contributed by atoms with E-state index >= 15 is 0 Å². The zero-order valence-electron chi connectivity index (χ0n) is 10.8. The summed E-state index contributed by atoms with van der Waals surface area (Å²) in [5, 5.41) is 3.14. The highest BCUT2D eigenvalue weighted by Crippen LogP contribution is 2.30. The smallest absolute Gasteiger partial charge is 0.326 e. The Balaban J connectivity index is 2.84. The summed E-state index contributed by atoms with van der Waals surface area (Å²) in [4.78, 5) is 12.1. The van der Waals surface area contributed by atoms with Crippen LogP contribution in [0.4, 0.5) is 0 Å². The van der Waals surface area contributed by atoms with E-state index in [0.29, 0.717) is 26.0 Å². The van der Waals surface area contributed by atoms with Gasteiger partial charge in [-0.1, -0.05) is 5.92 Å². The molecule has 2 atom stereocenters. The van der Waals surface area contributed by atoms with Gasteiger partial charge in [0.15, 0.2) is 0 Å². The molecule has 0 aliphatic carbocycles. The fourth-order valence-electron chi connectivity index (χ4n) is 2.43. The number of hydrogen-bond donors (Lipinski definition) is 1. The van der Waals surface area contributed by atoms with Gasteiger partial charge in [-0.2, -0.15) is 0 Å². The normalized spacial score (nSPS) is 32.8. The van der Waals surface area contributed by atoms with Gasteiger partial charge < -0.3 is 9.47 Å². The molecular formula is C13H21NO3. The van der Waals surface area contributed by atoms with Crippen molar-refractivity contribution in [2.45, 2.75) is 51.4 Å². The summed E-state index contributed by atoms with van der Waals surface area (Å²) in [5.74, 6) is 2.28. The second-order valence-electron chi connectivity index (χ2n) is 4.53. The molecule has 96 valence electrons. The standard InChI is InChI=1S/C13H21NO3/c1-5-7-14-13(12(15)16-6-2)8-10(3)17-11(4)9-13/h1,10-11,14H,6-9H2,2-4H3. The Labute approximate surface area is 103 Å². The van der Waals surface area contributed by atoms with E-state index in [1.165, 1.54) is 0 Å². The molecule has 0 amide bonds. The Hall–Kier alpha value is -1.05. The summed E-state index contributed by atoms with van der Waals surface area (Å²) in [6.07, 6.45) is 6.49. The Morgan fingerprint density at radius 2 is 2.12 bits per heavy atom. The maximum absolute atomic E-state index is 12.1. The van der Waals surface area contributed by atoms with Gasteiger partial charge in [0, 0.05) is 12.8 Å². The van der Waals surface area contributed by atoms with Crippen LogP contribution in [0.2, 0.25) is 0 Å². The first-order valence-corrected chi connectivity index (χ1v) is 6.05. The lowest BCUT2D eigenvalue weighted by atomic mass is 9.84. The number of rotatable bonds is 4. The van der Waals surface area contributed by atoms with E-state index in [1.54, 1.807) is 6.92 Å². The zero-order valence-corrected chi connectivity index (χ0v) is 10.8. The highest BCUT2D eigenvalue weighted by Gasteiger charge is 2.45. The van der Waals surface area contributed by atoms with E-state index < -0.39 is 5.54 Å². The van der Waals surface area contributed by atoms with Crippen LogP contribution in [0.5, 0.6) is 0 Å². The molecule has 4 nitrogen and oxygen atoms in total. The largest absolute Gasteiger partial charge is 0.465 e. The molecule has 1 N–H and O–H groups in total. The van der Waals surface area contributed by atoms with E-state index in [1.807, 2.05) is 13.8 Å². The molecule has 2 unspecified atom stereocenters. The third-order valence-electron chi connectivity index (χ3n) is 2.93. The van der Waals surface area contributed by atoms with Crippen LogP contribution < -0.4 is 5.32 Å². The summed E-state index contributed by atoms with van der Waals surface area (Å²) in [5.41, 5.74) is -0.695. The van der Waals surface area contributed by atoms with Crippen molar-refractivity contribution in [1.82, 2.24) is 5.32 Å². The van der Waals surface area contributed by atoms with Gasteiger partial charge in [0.2, 0.25) is 0 Å². The fraction of sp³-hybridized carbons (Fsp3) is 0.769. The highest BCUT2D eigenvalue weighted by molar-refractivity contribution is 5.81. The van der Waals surface area contributed by atoms with Crippen LogP contribution >= 0.6 is 0 Å². The first kappa shape index (κ1) is 14.0.